The van der Waals surface area contributed by atoms with Crippen molar-refractivity contribution in [2.24, 2.45) is 0 Å². The van der Waals surface area contributed by atoms with E-state index < -0.39 is 22.8 Å². The van der Waals surface area contributed by atoms with Gasteiger partial charge in [-0.1, -0.05) is 12.1 Å². The quantitative estimate of drug-likeness (QED) is 0.236. The average molecular weight is 463 g/mol. The fourth-order valence-electron chi connectivity index (χ4n) is 3.54. The number of nitro groups is 1. The normalized spacial score (nSPS) is 20.3. The lowest BCUT2D eigenvalue weighted by molar-refractivity contribution is -0.384. The van der Waals surface area contributed by atoms with Crippen LogP contribution in [0.3, 0.4) is 0 Å². The van der Waals surface area contributed by atoms with E-state index in [2.05, 4.69) is 0 Å². The Balaban J connectivity index is 2.22. The molecule has 9 nitrogen and oxygen atoms in total. The third-order valence-corrected chi connectivity index (χ3v) is 6.52. The molecule has 1 fully saturated rings. The summed E-state index contributed by atoms with van der Waals surface area (Å²) in [7, 11) is 1.77. The van der Waals surface area contributed by atoms with E-state index in [1.165, 1.54) is 30.0 Å². The maximum atomic E-state index is 13.2. The number of nitro benzene ring substituents is 1. The van der Waals surface area contributed by atoms with Gasteiger partial charge >= 0.3 is 11.9 Å². The predicted octanol–water partition coefficient (Wildman–Crippen LogP) is 3.37. The third-order valence-electron chi connectivity index (χ3n) is 5.22. The van der Waals surface area contributed by atoms with Gasteiger partial charge in [-0.2, -0.15) is 0 Å². The van der Waals surface area contributed by atoms with Crippen LogP contribution in [0.2, 0.25) is 0 Å². The van der Waals surface area contributed by atoms with E-state index in [4.69, 9.17) is 14.2 Å². The first kappa shape index (κ1) is 23.8. The monoisotopic (exact) mass is 462 g/mol. The number of carbonyl (C=O) groups is 2. The fraction of sp³-hybridized carbons (Fsp3) is 0.455. The number of epoxide rings is 1. The first-order chi connectivity index (χ1) is 15.3. The Morgan fingerprint density at radius 2 is 1.84 bits per heavy atom. The van der Waals surface area contributed by atoms with Gasteiger partial charge in [-0.25, -0.2) is 9.59 Å². The maximum absolute atomic E-state index is 13.2. The molecule has 0 N–H and O–H groups in total. The summed E-state index contributed by atoms with van der Waals surface area (Å²) in [5.41, 5.74) is 1.43. The molecule has 0 aliphatic carbocycles. The van der Waals surface area contributed by atoms with Crippen molar-refractivity contribution in [2.45, 2.75) is 32.8 Å². The van der Waals surface area contributed by atoms with Gasteiger partial charge in [0.25, 0.3) is 5.69 Å². The number of thioether (sulfide) groups is 1. The van der Waals surface area contributed by atoms with E-state index in [1.54, 1.807) is 38.8 Å². The number of esters is 2. The molecule has 2 unspecified atom stereocenters. The van der Waals surface area contributed by atoms with Crippen molar-refractivity contribution in [2.75, 3.05) is 32.6 Å². The molecular weight excluding hydrogens is 436 g/mol. The highest BCUT2D eigenvalue weighted by Gasteiger charge is 2.42. The van der Waals surface area contributed by atoms with Gasteiger partial charge in [-0.05, 0) is 26.3 Å². The second kappa shape index (κ2) is 10.2. The molecular formula is C22H26N2O7S. The van der Waals surface area contributed by atoms with E-state index in [0.29, 0.717) is 28.6 Å². The van der Waals surface area contributed by atoms with Crippen LogP contribution in [0.1, 0.15) is 32.3 Å². The second-order valence-corrected chi connectivity index (χ2v) is 8.28. The molecule has 3 rings (SSSR count). The Kier molecular flexibility index (Phi) is 7.57. The number of allylic oxidation sites excluding steroid dienone is 1. The van der Waals surface area contributed by atoms with Crippen molar-refractivity contribution in [3.05, 3.63) is 61.8 Å². The van der Waals surface area contributed by atoms with E-state index >= 15 is 0 Å². The standard InChI is InChI=1S/C22H26N2O7S/c1-5-29-21(25)17-13(3)23(4)20(32-12-16-11-31-16)19(22(26)30-6-2)18(17)14-8-7-9-15(10-14)24(27)28/h7-10,16,18H,5-6,11-12H2,1-4H3. The van der Waals surface area contributed by atoms with Crippen molar-refractivity contribution < 1.29 is 28.7 Å². The highest BCUT2D eigenvalue weighted by Crippen LogP contribution is 2.46. The highest BCUT2D eigenvalue weighted by molar-refractivity contribution is 8.03. The molecule has 1 aromatic carbocycles. The lowest BCUT2D eigenvalue weighted by atomic mass is 9.81. The van der Waals surface area contributed by atoms with Gasteiger partial charge < -0.3 is 19.1 Å². The van der Waals surface area contributed by atoms with E-state index in [1.807, 2.05) is 0 Å². The molecule has 0 radical (unpaired) electrons. The number of nitrogens with zero attached hydrogens (tertiary/aromatic N) is 2. The fourth-order valence-corrected chi connectivity index (χ4v) is 4.76. The first-order valence-electron chi connectivity index (χ1n) is 10.3. The second-order valence-electron chi connectivity index (χ2n) is 7.27. The number of benzene rings is 1. The largest absolute Gasteiger partial charge is 0.463 e. The summed E-state index contributed by atoms with van der Waals surface area (Å²) in [6.45, 7) is 6.13. The minimum atomic E-state index is -0.869. The van der Waals surface area contributed by atoms with Gasteiger partial charge in [0, 0.05) is 30.6 Å². The third kappa shape index (κ3) is 4.97. The smallest absolute Gasteiger partial charge is 0.337 e. The molecule has 10 heteroatoms. The van der Waals surface area contributed by atoms with E-state index in [0.717, 1.165) is 0 Å². The average Bonchev–Trinajstić information content (AvgIpc) is 3.59. The van der Waals surface area contributed by atoms with E-state index in [9.17, 15) is 19.7 Å². The molecule has 1 saturated heterocycles. The van der Waals surface area contributed by atoms with Gasteiger partial charge in [-0.15, -0.1) is 11.8 Å². The van der Waals surface area contributed by atoms with Crippen molar-refractivity contribution in [1.82, 2.24) is 4.90 Å². The summed E-state index contributed by atoms with van der Waals surface area (Å²) in [5.74, 6) is -1.40. The van der Waals surface area contributed by atoms with Crippen LogP contribution >= 0.6 is 11.8 Å². The predicted molar refractivity (Wildman–Crippen MR) is 119 cm³/mol. The van der Waals surface area contributed by atoms with Crippen LogP contribution in [0.4, 0.5) is 5.69 Å². The molecule has 1 aromatic rings. The first-order valence-corrected chi connectivity index (χ1v) is 11.3. The SMILES string of the molecule is CCOC(=O)C1=C(C)N(C)C(SCC2CO2)=C(C(=O)OCC)C1c1cccc([N+](=O)[O-])c1. The molecule has 2 aliphatic rings. The minimum absolute atomic E-state index is 0.108. The Labute approximate surface area is 190 Å². The van der Waals surface area contributed by atoms with Gasteiger partial charge in [0.2, 0.25) is 0 Å². The Morgan fingerprint density at radius 1 is 1.22 bits per heavy atom. The summed E-state index contributed by atoms with van der Waals surface area (Å²) in [6, 6.07) is 5.96. The summed E-state index contributed by atoms with van der Waals surface area (Å²) >= 11 is 1.44. The summed E-state index contributed by atoms with van der Waals surface area (Å²) in [6.07, 6.45) is 0.108. The lowest BCUT2D eigenvalue weighted by Crippen LogP contribution is -2.34. The molecule has 0 aromatic heterocycles. The van der Waals surface area contributed by atoms with Crippen molar-refractivity contribution in [3.8, 4) is 0 Å². The summed E-state index contributed by atoms with van der Waals surface area (Å²) in [5, 5.41) is 12.0. The van der Waals surface area contributed by atoms with Crippen LogP contribution < -0.4 is 0 Å². The van der Waals surface area contributed by atoms with Crippen LogP contribution in [0.15, 0.2) is 46.1 Å². The molecule has 0 saturated carbocycles. The summed E-state index contributed by atoms with van der Waals surface area (Å²) in [4.78, 5) is 38.9. The van der Waals surface area contributed by atoms with Crippen LogP contribution in [0.25, 0.3) is 0 Å². The minimum Gasteiger partial charge on any atom is -0.463 e. The molecule has 32 heavy (non-hydrogen) atoms. The van der Waals surface area contributed by atoms with Crippen molar-refractivity contribution in [1.29, 1.82) is 0 Å². The molecule has 2 heterocycles. The van der Waals surface area contributed by atoms with Gasteiger partial charge in [0.15, 0.2) is 0 Å². The molecule has 2 atom stereocenters. The number of rotatable bonds is 9. The molecule has 0 amide bonds. The van der Waals surface area contributed by atoms with Crippen molar-refractivity contribution in [3.63, 3.8) is 0 Å². The Hall–Kier alpha value is -2.85. The number of non-ortho nitro benzene ring substituents is 1. The number of hydrogen-bond acceptors (Lipinski definition) is 9. The van der Waals surface area contributed by atoms with Gasteiger partial charge in [0.05, 0.1) is 52.9 Å². The molecule has 0 spiro atoms. The summed E-state index contributed by atoms with van der Waals surface area (Å²) < 4.78 is 16.0. The van der Waals surface area contributed by atoms with Crippen LogP contribution in [-0.4, -0.2) is 60.5 Å². The molecule has 2 aliphatic heterocycles. The molecule has 172 valence electrons. The Bertz CT molecular complexity index is 984. The lowest BCUT2D eigenvalue weighted by Gasteiger charge is -2.36. The van der Waals surface area contributed by atoms with Gasteiger partial charge in [-0.3, -0.25) is 10.1 Å². The van der Waals surface area contributed by atoms with Gasteiger partial charge in [0.1, 0.15) is 0 Å². The zero-order valence-corrected chi connectivity index (χ0v) is 19.3. The zero-order valence-electron chi connectivity index (χ0n) is 18.5. The van der Waals surface area contributed by atoms with E-state index in [-0.39, 0.29) is 36.2 Å². The zero-order chi connectivity index (χ0) is 23.4. The number of hydrogen-bond donors (Lipinski definition) is 0. The number of carbonyl (C=O) groups excluding carboxylic acids is 2. The maximum Gasteiger partial charge on any atom is 0.337 e. The van der Waals surface area contributed by atoms with Crippen LogP contribution in [-0.2, 0) is 23.8 Å². The molecule has 0 bridgehead atoms. The van der Waals surface area contributed by atoms with Crippen LogP contribution in [0.5, 0.6) is 0 Å². The van der Waals surface area contributed by atoms with Crippen LogP contribution in [0, 0.1) is 10.1 Å². The highest BCUT2D eigenvalue weighted by atomic mass is 32.2. The van der Waals surface area contributed by atoms with Crippen molar-refractivity contribution >= 4 is 29.4 Å². The Morgan fingerprint density at radius 3 is 2.41 bits per heavy atom. The topological polar surface area (TPSA) is 112 Å². The number of ether oxygens (including phenoxy) is 3.